The van der Waals surface area contributed by atoms with Gasteiger partial charge in [-0.05, 0) is 160 Å². The van der Waals surface area contributed by atoms with Gasteiger partial charge in [0, 0.05) is 13.0 Å². The molecule has 2 N–H and O–H groups in total. The highest BCUT2D eigenvalue weighted by Crippen LogP contribution is 2.73. The lowest BCUT2D eigenvalue weighted by Gasteiger charge is -2.68. The second-order valence-electron chi connectivity index (χ2n) is 17.8. The number of hydrogen-bond donors (Lipinski definition) is 2. The molecular formula is C47H74N2O5. The van der Waals surface area contributed by atoms with Gasteiger partial charge in [-0.3, -0.25) is 9.59 Å². The van der Waals surface area contributed by atoms with E-state index in [9.17, 15) is 14.4 Å². The van der Waals surface area contributed by atoms with Crippen LogP contribution in [0.2, 0.25) is 0 Å². The molecule has 0 radical (unpaired) electrons. The summed E-state index contributed by atoms with van der Waals surface area (Å²) in [7, 11) is 2.86. The number of carbonyl (C=O) groups is 3. The lowest BCUT2D eigenvalue weighted by Crippen LogP contribution is -2.62. The van der Waals surface area contributed by atoms with E-state index in [4.69, 9.17) is 9.47 Å². The average molecular weight is 747 g/mol. The number of esters is 2. The van der Waals surface area contributed by atoms with Crippen molar-refractivity contribution < 1.29 is 23.9 Å². The lowest BCUT2D eigenvalue weighted by atomic mass is 9.36. The van der Waals surface area contributed by atoms with Crippen LogP contribution in [-0.2, 0) is 19.1 Å². The van der Waals surface area contributed by atoms with Gasteiger partial charge in [-0.1, -0.05) is 72.2 Å². The van der Waals surface area contributed by atoms with Gasteiger partial charge in [0.25, 0.3) is 0 Å². The van der Waals surface area contributed by atoms with Crippen LogP contribution < -0.4 is 10.6 Å². The number of fused-ring (bicyclic) bond motifs is 7. The molecule has 302 valence electrons. The number of ether oxygens (including phenoxy) is 2. The van der Waals surface area contributed by atoms with Crippen LogP contribution in [-0.4, -0.2) is 51.7 Å². The van der Waals surface area contributed by atoms with E-state index in [0.717, 1.165) is 45.2 Å². The van der Waals surface area contributed by atoms with Crippen LogP contribution in [0.15, 0.2) is 43.0 Å². The number of amides is 1. The molecule has 7 heteroatoms. The Morgan fingerprint density at radius 2 is 1.50 bits per heavy atom. The van der Waals surface area contributed by atoms with Crippen molar-refractivity contribution >= 4 is 23.4 Å². The Morgan fingerprint density at radius 3 is 2.17 bits per heavy atom. The summed E-state index contributed by atoms with van der Waals surface area (Å²) in [5.41, 5.74) is 3.71. The van der Waals surface area contributed by atoms with Crippen molar-refractivity contribution in [1.29, 1.82) is 0 Å². The molecule has 4 saturated carbocycles. The normalized spacial score (nSPS) is 32.9. The number of allylic oxidation sites excluding steroid dienone is 3. The third-order valence-corrected chi connectivity index (χ3v) is 14.9. The van der Waals surface area contributed by atoms with E-state index in [0.29, 0.717) is 59.4 Å². The fourth-order valence-electron chi connectivity index (χ4n) is 12.8. The minimum absolute atomic E-state index is 0.0434. The van der Waals surface area contributed by atoms with Crippen LogP contribution in [0.1, 0.15) is 148 Å². The first-order chi connectivity index (χ1) is 25.8. The van der Waals surface area contributed by atoms with Crippen LogP contribution >= 0.6 is 0 Å². The molecule has 0 bridgehead atoms. The van der Waals surface area contributed by atoms with E-state index in [1.165, 1.54) is 70.3 Å². The molecule has 4 fully saturated rings. The van der Waals surface area contributed by atoms with E-state index in [-0.39, 0.29) is 28.2 Å². The van der Waals surface area contributed by atoms with Crippen LogP contribution in [0.3, 0.4) is 0 Å². The van der Waals surface area contributed by atoms with Gasteiger partial charge in [-0.2, -0.15) is 0 Å². The van der Waals surface area contributed by atoms with Crippen molar-refractivity contribution in [3.05, 3.63) is 54.1 Å². The van der Waals surface area contributed by atoms with Crippen molar-refractivity contribution in [2.24, 2.45) is 51.2 Å². The van der Waals surface area contributed by atoms with Gasteiger partial charge in [0.1, 0.15) is 0 Å². The van der Waals surface area contributed by atoms with Crippen LogP contribution in [0.5, 0.6) is 0 Å². The van der Waals surface area contributed by atoms with Gasteiger partial charge in [0.05, 0.1) is 25.2 Å². The molecule has 0 spiro atoms. The van der Waals surface area contributed by atoms with Crippen molar-refractivity contribution in [2.75, 3.05) is 33.9 Å². The molecule has 6 rings (SSSR count). The largest absolute Gasteiger partial charge is 0.469 e. The van der Waals surface area contributed by atoms with E-state index in [1.54, 1.807) is 6.08 Å². The Labute approximate surface area is 328 Å². The minimum atomic E-state index is -0.286. The van der Waals surface area contributed by atoms with E-state index < -0.39 is 0 Å². The van der Waals surface area contributed by atoms with E-state index in [2.05, 4.69) is 63.1 Å². The molecule has 54 heavy (non-hydrogen) atoms. The average Bonchev–Trinajstić information content (AvgIpc) is 3.62. The minimum Gasteiger partial charge on any atom is -0.469 e. The Balaban J connectivity index is 0.00000124. The van der Waals surface area contributed by atoms with Gasteiger partial charge < -0.3 is 20.1 Å². The first-order valence-corrected chi connectivity index (χ1v) is 21.4. The predicted octanol–water partition coefficient (Wildman–Crippen LogP) is 10.2. The second kappa shape index (κ2) is 18.8. The standard InChI is InChI=1S/C42H62N2O5.C3H6.C2H6/c1-39(2)31(28-12-14-29(15-13-28)37(46)49-6)18-22-41(4)34(39)20-23-40(3)32-19-24-42(21-7-10-33(42)30(32)16-17-35(40)41)38(47)44-27-9-26-43-25-8-11-36(45)48-5;1-3-2;1-2/h12-15,18,30,32-35,43H,7-11,16-17,19-27H2,1-6H3,(H,44,47);3H,1H2,2H3;1-2H3. The zero-order valence-corrected chi connectivity index (χ0v) is 35.4. The molecule has 0 heterocycles. The molecule has 7 nitrogen and oxygen atoms in total. The van der Waals surface area contributed by atoms with Gasteiger partial charge in [-0.15, -0.1) is 6.58 Å². The summed E-state index contributed by atoms with van der Waals surface area (Å²) in [5.74, 6) is 3.08. The molecular weight excluding hydrogens is 673 g/mol. The molecule has 8 atom stereocenters. The lowest BCUT2D eigenvalue weighted by molar-refractivity contribution is -0.181. The van der Waals surface area contributed by atoms with Gasteiger partial charge in [0.15, 0.2) is 0 Å². The number of carbonyl (C=O) groups excluding carboxylic acids is 3. The first kappa shape index (κ1) is 43.8. The van der Waals surface area contributed by atoms with Crippen molar-refractivity contribution in [1.82, 2.24) is 10.6 Å². The highest BCUT2D eigenvalue weighted by molar-refractivity contribution is 5.90. The zero-order valence-electron chi connectivity index (χ0n) is 35.4. The predicted molar refractivity (Wildman–Crippen MR) is 221 cm³/mol. The van der Waals surface area contributed by atoms with Crippen molar-refractivity contribution in [3.63, 3.8) is 0 Å². The SMILES string of the molecule is C=CC.CC.COC(=O)CCCNCCCNC(=O)C12CCCC1C1CCC3C(C)(CCC4C(C)(C)C(c5ccc(C(=O)OC)cc5)=CCC43C)C1CC2. The maximum atomic E-state index is 14.0. The van der Waals surface area contributed by atoms with Crippen LogP contribution in [0, 0.1) is 51.2 Å². The summed E-state index contributed by atoms with van der Waals surface area (Å²) in [4.78, 5) is 37.4. The Bertz CT molecular complexity index is 1470. The Morgan fingerprint density at radius 1 is 0.815 bits per heavy atom. The molecule has 1 aromatic carbocycles. The summed E-state index contributed by atoms with van der Waals surface area (Å²) < 4.78 is 9.65. The summed E-state index contributed by atoms with van der Waals surface area (Å²) in [6.07, 6.45) is 18.3. The Hall–Kier alpha value is -2.93. The molecule has 8 unspecified atom stereocenters. The summed E-state index contributed by atoms with van der Waals surface area (Å²) in [6, 6.07) is 8.04. The molecule has 1 amide bonds. The molecule has 1 aromatic rings. The summed E-state index contributed by atoms with van der Waals surface area (Å²) in [6.45, 7) is 21.8. The molecule has 0 saturated heterocycles. The van der Waals surface area contributed by atoms with Gasteiger partial charge >= 0.3 is 11.9 Å². The zero-order chi connectivity index (χ0) is 39.7. The monoisotopic (exact) mass is 747 g/mol. The number of methoxy groups -OCH3 is 2. The number of nitrogens with one attached hydrogen (secondary N) is 2. The van der Waals surface area contributed by atoms with E-state index in [1.807, 2.05) is 32.9 Å². The number of hydrogen-bond acceptors (Lipinski definition) is 6. The van der Waals surface area contributed by atoms with Crippen molar-refractivity contribution in [3.8, 4) is 0 Å². The van der Waals surface area contributed by atoms with Crippen molar-refractivity contribution in [2.45, 2.75) is 132 Å². The topological polar surface area (TPSA) is 93.7 Å². The van der Waals surface area contributed by atoms with Gasteiger partial charge in [-0.25, -0.2) is 4.79 Å². The van der Waals surface area contributed by atoms with Crippen LogP contribution in [0.25, 0.3) is 5.57 Å². The van der Waals surface area contributed by atoms with E-state index >= 15 is 0 Å². The van der Waals surface area contributed by atoms with Crippen LogP contribution in [0.4, 0.5) is 0 Å². The number of rotatable bonds is 11. The maximum Gasteiger partial charge on any atom is 0.337 e. The maximum absolute atomic E-state index is 14.0. The van der Waals surface area contributed by atoms with Gasteiger partial charge in [0.2, 0.25) is 5.91 Å². The highest BCUT2D eigenvalue weighted by atomic mass is 16.5. The third-order valence-electron chi connectivity index (χ3n) is 14.9. The molecule has 5 aliphatic rings. The molecule has 0 aliphatic heterocycles. The third kappa shape index (κ3) is 8.42. The molecule has 5 aliphatic carbocycles. The fraction of sp³-hybridized carbons (Fsp3) is 0.723. The summed E-state index contributed by atoms with van der Waals surface area (Å²) >= 11 is 0. The summed E-state index contributed by atoms with van der Waals surface area (Å²) in [5, 5.41) is 6.79. The quantitative estimate of drug-likeness (QED) is 0.133. The second-order valence-corrected chi connectivity index (χ2v) is 17.8. The molecule has 0 aromatic heterocycles. The Kier molecular flexibility index (Phi) is 15.3. The fourth-order valence-corrected chi connectivity index (χ4v) is 12.8. The smallest absolute Gasteiger partial charge is 0.337 e. The first-order valence-electron chi connectivity index (χ1n) is 21.4. The number of benzene rings is 1. The highest BCUT2D eigenvalue weighted by Gasteiger charge is 2.66.